The molecule has 2 amide bonds. The minimum Gasteiger partial charge on any atom is -0.340 e. The number of amides is 2. The Morgan fingerprint density at radius 2 is 1.67 bits per heavy atom. The van der Waals surface area contributed by atoms with Crippen LogP contribution in [0.5, 0.6) is 0 Å². The zero-order valence-corrected chi connectivity index (χ0v) is 15.2. The van der Waals surface area contributed by atoms with Crippen molar-refractivity contribution in [2.75, 3.05) is 33.2 Å². The third kappa shape index (κ3) is 5.06. The second-order valence-corrected chi connectivity index (χ2v) is 7.15. The van der Waals surface area contributed by atoms with Gasteiger partial charge in [-0.2, -0.15) is 0 Å². The van der Waals surface area contributed by atoms with Crippen molar-refractivity contribution in [3.63, 3.8) is 0 Å². The Morgan fingerprint density at radius 1 is 1.08 bits per heavy atom. The molecular formula is C19H29N3O2. The van der Waals surface area contributed by atoms with Gasteiger partial charge in [-0.15, -0.1) is 0 Å². The summed E-state index contributed by atoms with van der Waals surface area (Å²) >= 11 is 0. The number of likely N-dealkylation sites (N-methyl/N-ethyl adjacent to an activating group) is 1. The first-order chi connectivity index (χ1) is 11.4. The standard InChI is InChI=1S/C19H29N3O2/c1-14(2)13-17(19(24)22-11-9-21(4)10-12-22)20-18(23)16-7-5-15(3)6-8-16/h5-8,14,17H,9-13H2,1-4H3,(H,20,23)/t17-/m0/s1. The molecule has 1 aromatic carbocycles. The van der Waals surface area contributed by atoms with Crippen LogP contribution < -0.4 is 5.32 Å². The number of hydrogen-bond acceptors (Lipinski definition) is 3. The van der Waals surface area contributed by atoms with Gasteiger partial charge in [-0.1, -0.05) is 31.5 Å². The molecule has 0 saturated carbocycles. The van der Waals surface area contributed by atoms with Crippen LogP contribution in [0.2, 0.25) is 0 Å². The summed E-state index contributed by atoms with van der Waals surface area (Å²) in [5, 5.41) is 2.95. The highest BCUT2D eigenvalue weighted by molar-refractivity contribution is 5.97. The van der Waals surface area contributed by atoms with Crippen molar-refractivity contribution in [2.24, 2.45) is 5.92 Å². The van der Waals surface area contributed by atoms with Crippen molar-refractivity contribution in [3.8, 4) is 0 Å². The van der Waals surface area contributed by atoms with Crippen molar-refractivity contribution in [2.45, 2.75) is 33.2 Å². The van der Waals surface area contributed by atoms with Gasteiger partial charge >= 0.3 is 0 Å². The lowest BCUT2D eigenvalue weighted by molar-refractivity contribution is -0.135. The fourth-order valence-electron chi connectivity index (χ4n) is 2.89. The first-order valence-electron chi connectivity index (χ1n) is 8.71. The van der Waals surface area contributed by atoms with Crippen LogP contribution in [0.15, 0.2) is 24.3 Å². The van der Waals surface area contributed by atoms with Gasteiger partial charge in [0.05, 0.1) is 0 Å². The van der Waals surface area contributed by atoms with E-state index in [-0.39, 0.29) is 11.8 Å². The molecule has 1 aliphatic heterocycles. The number of hydrogen-bond donors (Lipinski definition) is 1. The van der Waals surface area contributed by atoms with Crippen LogP contribution in [0.25, 0.3) is 0 Å². The lowest BCUT2D eigenvalue weighted by atomic mass is 10.0. The van der Waals surface area contributed by atoms with E-state index in [1.54, 1.807) is 12.1 Å². The molecule has 0 aromatic heterocycles. The molecule has 0 unspecified atom stereocenters. The van der Waals surface area contributed by atoms with Crippen LogP contribution in [0.1, 0.15) is 36.2 Å². The van der Waals surface area contributed by atoms with E-state index in [1.807, 2.05) is 24.0 Å². The summed E-state index contributed by atoms with van der Waals surface area (Å²) in [6.45, 7) is 9.34. The number of rotatable bonds is 5. The molecule has 1 N–H and O–H groups in total. The predicted octanol–water partition coefficient (Wildman–Crippen LogP) is 1.91. The average Bonchev–Trinajstić information content (AvgIpc) is 2.54. The first kappa shape index (κ1) is 18.5. The van der Waals surface area contributed by atoms with Gasteiger partial charge < -0.3 is 15.1 Å². The van der Waals surface area contributed by atoms with Crippen LogP contribution in [0, 0.1) is 12.8 Å². The normalized spacial score (nSPS) is 17.0. The fourth-order valence-corrected chi connectivity index (χ4v) is 2.89. The smallest absolute Gasteiger partial charge is 0.251 e. The summed E-state index contributed by atoms with van der Waals surface area (Å²) in [7, 11) is 2.06. The van der Waals surface area contributed by atoms with E-state index in [0.29, 0.717) is 17.9 Å². The maximum Gasteiger partial charge on any atom is 0.251 e. The Kier molecular flexibility index (Phi) is 6.37. The van der Waals surface area contributed by atoms with Crippen molar-refractivity contribution in [1.82, 2.24) is 15.1 Å². The molecule has 1 heterocycles. The number of carbonyl (C=O) groups excluding carboxylic acids is 2. The first-order valence-corrected chi connectivity index (χ1v) is 8.71. The molecule has 5 nitrogen and oxygen atoms in total. The van der Waals surface area contributed by atoms with E-state index < -0.39 is 6.04 Å². The predicted molar refractivity (Wildman–Crippen MR) is 96.0 cm³/mol. The molecule has 132 valence electrons. The van der Waals surface area contributed by atoms with E-state index >= 15 is 0 Å². The van der Waals surface area contributed by atoms with E-state index in [9.17, 15) is 9.59 Å². The number of benzene rings is 1. The quantitative estimate of drug-likeness (QED) is 0.897. The molecule has 1 saturated heterocycles. The molecule has 1 aliphatic rings. The Bertz CT molecular complexity index is 560. The van der Waals surface area contributed by atoms with Gasteiger partial charge in [0.15, 0.2) is 0 Å². The summed E-state index contributed by atoms with van der Waals surface area (Å²) in [4.78, 5) is 29.4. The van der Waals surface area contributed by atoms with Crippen LogP contribution in [-0.2, 0) is 4.79 Å². The Hall–Kier alpha value is -1.88. The molecular weight excluding hydrogens is 302 g/mol. The van der Waals surface area contributed by atoms with Crippen LogP contribution in [0.3, 0.4) is 0 Å². The number of carbonyl (C=O) groups is 2. The third-order valence-corrected chi connectivity index (χ3v) is 4.44. The van der Waals surface area contributed by atoms with Crippen molar-refractivity contribution >= 4 is 11.8 Å². The van der Waals surface area contributed by atoms with Gasteiger partial charge in [0.25, 0.3) is 5.91 Å². The van der Waals surface area contributed by atoms with E-state index in [2.05, 4.69) is 31.1 Å². The zero-order valence-electron chi connectivity index (χ0n) is 15.2. The largest absolute Gasteiger partial charge is 0.340 e. The Morgan fingerprint density at radius 3 is 2.21 bits per heavy atom. The highest BCUT2D eigenvalue weighted by atomic mass is 16.2. The number of nitrogens with zero attached hydrogens (tertiary/aromatic N) is 2. The molecule has 2 rings (SSSR count). The van der Waals surface area contributed by atoms with Gasteiger partial charge in [0.1, 0.15) is 6.04 Å². The van der Waals surface area contributed by atoms with Gasteiger partial charge in [-0.05, 0) is 38.4 Å². The van der Waals surface area contributed by atoms with Crippen LogP contribution in [-0.4, -0.2) is 60.9 Å². The molecule has 5 heteroatoms. The number of aryl methyl sites for hydroxylation is 1. The van der Waals surface area contributed by atoms with Gasteiger partial charge in [0.2, 0.25) is 5.91 Å². The van der Waals surface area contributed by atoms with Gasteiger partial charge in [0, 0.05) is 31.7 Å². The van der Waals surface area contributed by atoms with E-state index in [0.717, 1.165) is 31.7 Å². The molecule has 0 spiro atoms. The van der Waals surface area contributed by atoms with Crippen LogP contribution >= 0.6 is 0 Å². The maximum atomic E-state index is 12.9. The Labute approximate surface area is 145 Å². The summed E-state index contributed by atoms with van der Waals surface area (Å²) in [6, 6.07) is 6.97. The molecule has 1 aromatic rings. The fraction of sp³-hybridized carbons (Fsp3) is 0.579. The minimum absolute atomic E-state index is 0.0391. The van der Waals surface area contributed by atoms with Crippen molar-refractivity contribution < 1.29 is 9.59 Å². The number of nitrogens with one attached hydrogen (secondary N) is 1. The van der Waals surface area contributed by atoms with Gasteiger partial charge in [-0.3, -0.25) is 9.59 Å². The van der Waals surface area contributed by atoms with Crippen molar-refractivity contribution in [1.29, 1.82) is 0 Å². The molecule has 0 aliphatic carbocycles. The van der Waals surface area contributed by atoms with Gasteiger partial charge in [-0.25, -0.2) is 0 Å². The zero-order chi connectivity index (χ0) is 17.7. The summed E-state index contributed by atoms with van der Waals surface area (Å²) in [5.41, 5.74) is 1.71. The van der Waals surface area contributed by atoms with E-state index in [1.165, 1.54) is 0 Å². The highest BCUT2D eigenvalue weighted by Gasteiger charge is 2.28. The monoisotopic (exact) mass is 331 g/mol. The van der Waals surface area contributed by atoms with E-state index in [4.69, 9.17) is 0 Å². The topological polar surface area (TPSA) is 52.7 Å². The lowest BCUT2D eigenvalue weighted by Crippen LogP contribution is -2.54. The molecule has 0 bridgehead atoms. The minimum atomic E-state index is -0.456. The highest BCUT2D eigenvalue weighted by Crippen LogP contribution is 2.12. The summed E-state index contributed by atoms with van der Waals surface area (Å²) < 4.78 is 0. The molecule has 0 radical (unpaired) electrons. The second kappa shape index (κ2) is 8.29. The Balaban J connectivity index is 2.05. The lowest BCUT2D eigenvalue weighted by Gasteiger charge is -2.35. The SMILES string of the molecule is Cc1ccc(C(=O)N[C@@H](CC(C)C)C(=O)N2CCN(C)CC2)cc1. The molecule has 1 atom stereocenters. The third-order valence-electron chi connectivity index (χ3n) is 4.44. The number of piperazine rings is 1. The average molecular weight is 331 g/mol. The molecule has 1 fully saturated rings. The second-order valence-electron chi connectivity index (χ2n) is 7.15. The summed E-state index contributed by atoms with van der Waals surface area (Å²) in [6.07, 6.45) is 0.656. The summed E-state index contributed by atoms with van der Waals surface area (Å²) in [5.74, 6) is 0.199. The molecule has 24 heavy (non-hydrogen) atoms. The maximum absolute atomic E-state index is 12.9. The van der Waals surface area contributed by atoms with Crippen LogP contribution in [0.4, 0.5) is 0 Å². The van der Waals surface area contributed by atoms with Crippen molar-refractivity contribution in [3.05, 3.63) is 35.4 Å².